The Kier molecular flexibility index (Phi) is 5.21. The maximum atomic E-state index is 12.3. The molecular weight excluding hydrogens is 318 g/mol. The SMILES string of the molecule is Cn1c(CCCNC(=O)C2CCCN(C(N)=O)C2)nc2ccccc21. The van der Waals surface area contributed by atoms with E-state index in [9.17, 15) is 9.59 Å². The number of carbonyl (C=O) groups excluding carboxylic acids is 2. The zero-order valence-electron chi connectivity index (χ0n) is 14.6. The van der Waals surface area contributed by atoms with Gasteiger partial charge in [-0.25, -0.2) is 9.78 Å². The monoisotopic (exact) mass is 343 g/mol. The molecule has 0 bridgehead atoms. The molecule has 134 valence electrons. The number of hydrogen-bond donors (Lipinski definition) is 2. The van der Waals surface area contributed by atoms with E-state index in [4.69, 9.17) is 5.73 Å². The van der Waals surface area contributed by atoms with Crippen LogP contribution in [0, 0.1) is 5.92 Å². The van der Waals surface area contributed by atoms with E-state index in [1.807, 2.05) is 25.2 Å². The fourth-order valence-electron chi connectivity index (χ4n) is 3.41. The third-order valence-corrected chi connectivity index (χ3v) is 4.86. The largest absolute Gasteiger partial charge is 0.356 e. The summed E-state index contributed by atoms with van der Waals surface area (Å²) in [6, 6.07) is 7.61. The molecule has 1 atom stereocenters. The molecule has 0 aliphatic carbocycles. The number of para-hydroxylation sites is 2. The molecule has 7 nitrogen and oxygen atoms in total. The molecule has 25 heavy (non-hydrogen) atoms. The number of imidazole rings is 1. The maximum absolute atomic E-state index is 12.3. The zero-order valence-corrected chi connectivity index (χ0v) is 14.6. The molecular formula is C18H25N5O2. The van der Waals surface area contributed by atoms with Crippen molar-refractivity contribution in [3.8, 4) is 0 Å². The van der Waals surface area contributed by atoms with Crippen LogP contribution in [0.5, 0.6) is 0 Å². The second-order valence-corrected chi connectivity index (χ2v) is 6.59. The molecule has 0 radical (unpaired) electrons. The first-order valence-corrected chi connectivity index (χ1v) is 8.78. The summed E-state index contributed by atoms with van der Waals surface area (Å²) in [6.45, 7) is 1.67. The number of aromatic nitrogens is 2. The Morgan fingerprint density at radius 2 is 2.16 bits per heavy atom. The van der Waals surface area contributed by atoms with E-state index in [2.05, 4.69) is 20.9 Å². The predicted molar refractivity (Wildman–Crippen MR) is 95.9 cm³/mol. The van der Waals surface area contributed by atoms with E-state index in [0.29, 0.717) is 19.6 Å². The summed E-state index contributed by atoms with van der Waals surface area (Å²) in [4.78, 5) is 29.7. The molecule has 2 aromatic rings. The normalized spacial score (nSPS) is 17.6. The summed E-state index contributed by atoms with van der Waals surface area (Å²) in [5.74, 6) is 0.876. The number of fused-ring (bicyclic) bond motifs is 1. The lowest BCUT2D eigenvalue weighted by atomic mass is 9.97. The van der Waals surface area contributed by atoms with Crippen molar-refractivity contribution in [1.82, 2.24) is 19.8 Å². The van der Waals surface area contributed by atoms with Gasteiger partial charge in [0.15, 0.2) is 0 Å². The highest BCUT2D eigenvalue weighted by molar-refractivity contribution is 5.80. The Balaban J connectivity index is 1.47. The van der Waals surface area contributed by atoms with Crippen LogP contribution in [0.1, 0.15) is 25.1 Å². The number of likely N-dealkylation sites (tertiary alicyclic amines) is 1. The number of primary amides is 1. The van der Waals surface area contributed by atoms with Crippen molar-refractivity contribution in [2.75, 3.05) is 19.6 Å². The molecule has 1 aromatic heterocycles. The van der Waals surface area contributed by atoms with E-state index < -0.39 is 6.03 Å². The van der Waals surface area contributed by atoms with Crippen molar-refractivity contribution >= 4 is 23.0 Å². The lowest BCUT2D eigenvalue weighted by molar-refractivity contribution is -0.126. The molecule has 2 heterocycles. The van der Waals surface area contributed by atoms with Crippen LogP contribution < -0.4 is 11.1 Å². The third-order valence-electron chi connectivity index (χ3n) is 4.86. The lowest BCUT2D eigenvalue weighted by Crippen LogP contribution is -2.47. The van der Waals surface area contributed by atoms with Crippen LogP contribution in [0.2, 0.25) is 0 Å². The molecule has 1 saturated heterocycles. The van der Waals surface area contributed by atoms with Gasteiger partial charge in [-0.05, 0) is 31.4 Å². The molecule has 3 rings (SSSR count). The first-order valence-electron chi connectivity index (χ1n) is 8.78. The third kappa shape index (κ3) is 3.92. The number of aryl methyl sites for hydroxylation is 2. The summed E-state index contributed by atoms with van der Waals surface area (Å²) in [5.41, 5.74) is 7.43. The highest BCUT2D eigenvalue weighted by Gasteiger charge is 2.27. The van der Waals surface area contributed by atoms with Gasteiger partial charge in [-0.15, -0.1) is 0 Å². The summed E-state index contributed by atoms with van der Waals surface area (Å²) in [5, 5.41) is 2.98. The minimum Gasteiger partial charge on any atom is -0.356 e. The second kappa shape index (κ2) is 7.55. The Hall–Kier alpha value is -2.57. The summed E-state index contributed by atoms with van der Waals surface area (Å²) < 4.78 is 2.10. The molecule has 7 heteroatoms. The Morgan fingerprint density at radius 3 is 2.92 bits per heavy atom. The molecule has 0 saturated carbocycles. The number of piperidine rings is 1. The number of carbonyl (C=O) groups is 2. The van der Waals surface area contributed by atoms with Crippen molar-refractivity contribution in [3.63, 3.8) is 0 Å². The minimum atomic E-state index is -0.445. The van der Waals surface area contributed by atoms with Crippen LogP contribution in [0.15, 0.2) is 24.3 Å². The number of hydrogen-bond acceptors (Lipinski definition) is 3. The number of nitrogens with two attached hydrogens (primary N) is 1. The standard InChI is InChI=1S/C18H25N5O2/c1-22-15-8-3-2-7-14(15)21-16(22)9-4-10-20-17(24)13-6-5-11-23(12-13)18(19)25/h2-3,7-8,13H,4-6,9-12H2,1H3,(H2,19,25)(H,20,24). The van der Waals surface area contributed by atoms with Gasteiger partial charge in [-0.2, -0.15) is 0 Å². The van der Waals surface area contributed by atoms with Crippen LogP contribution >= 0.6 is 0 Å². The quantitative estimate of drug-likeness (QED) is 0.804. The van der Waals surface area contributed by atoms with Crippen LogP contribution in [0.25, 0.3) is 11.0 Å². The predicted octanol–water partition coefficient (Wildman–Crippen LogP) is 1.41. The molecule has 1 unspecified atom stereocenters. The number of nitrogens with one attached hydrogen (secondary N) is 1. The average molecular weight is 343 g/mol. The smallest absolute Gasteiger partial charge is 0.314 e. The van der Waals surface area contributed by atoms with E-state index in [-0.39, 0.29) is 11.8 Å². The van der Waals surface area contributed by atoms with E-state index in [0.717, 1.165) is 42.5 Å². The van der Waals surface area contributed by atoms with Gasteiger partial charge < -0.3 is 20.5 Å². The number of amides is 3. The van der Waals surface area contributed by atoms with Crippen LogP contribution in [0.4, 0.5) is 4.79 Å². The number of rotatable bonds is 5. The van der Waals surface area contributed by atoms with Crippen molar-refractivity contribution in [1.29, 1.82) is 0 Å². The maximum Gasteiger partial charge on any atom is 0.314 e. The minimum absolute atomic E-state index is 0.0101. The van der Waals surface area contributed by atoms with Crippen molar-refractivity contribution in [2.45, 2.75) is 25.7 Å². The lowest BCUT2D eigenvalue weighted by Gasteiger charge is -2.30. The van der Waals surface area contributed by atoms with Gasteiger partial charge in [0.05, 0.1) is 17.0 Å². The molecule has 0 spiro atoms. The van der Waals surface area contributed by atoms with E-state index in [1.54, 1.807) is 4.90 Å². The number of urea groups is 1. The van der Waals surface area contributed by atoms with E-state index >= 15 is 0 Å². The van der Waals surface area contributed by atoms with Gasteiger partial charge in [-0.1, -0.05) is 12.1 Å². The Labute approximate surface area is 147 Å². The second-order valence-electron chi connectivity index (χ2n) is 6.59. The van der Waals surface area contributed by atoms with Gasteiger partial charge in [-0.3, -0.25) is 4.79 Å². The van der Waals surface area contributed by atoms with E-state index in [1.165, 1.54) is 0 Å². The zero-order chi connectivity index (χ0) is 17.8. The first kappa shape index (κ1) is 17.3. The Bertz CT molecular complexity index is 770. The molecule has 3 N–H and O–H groups in total. The average Bonchev–Trinajstić information content (AvgIpc) is 2.95. The molecule has 1 fully saturated rings. The summed E-state index contributed by atoms with van der Waals surface area (Å²) in [6.07, 6.45) is 3.26. The Morgan fingerprint density at radius 1 is 1.36 bits per heavy atom. The summed E-state index contributed by atoms with van der Waals surface area (Å²) >= 11 is 0. The number of nitrogens with zero attached hydrogens (tertiary/aromatic N) is 3. The van der Waals surface area contributed by atoms with Crippen molar-refractivity contribution < 1.29 is 9.59 Å². The highest BCUT2D eigenvalue weighted by Crippen LogP contribution is 2.17. The molecule has 1 aromatic carbocycles. The first-order chi connectivity index (χ1) is 12.1. The molecule has 1 aliphatic rings. The van der Waals surface area contributed by atoms with Crippen molar-refractivity contribution in [2.24, 2.45) is 18.7 Å². The molecule has 3 amide bonds. The van der Waals surface area contributed by atoms with Gasteiger partial charge in [0.25, 0.3) is 0 Å². The summed E-state index contributed by atoms with van der Waals surface area (Å²) in [7, 11) is 2.02. The van der Waals surface area contributed by atoms with Crippen LogP contribution in [-0.4, -0.2) is 46.0 Å². The highest BCUT2D eigenvalue weighted by atomic mass is 16.2. The molecule has 1 aliphatic heterocycles. The fourth-order valence-corrected chi connectivity index (χ4v) is 3.41. The number of benzene rings is 1. The van der Waals surface area contributed by atoms with Gasteiger partial charge in [0.1, 0.15) is 5.82 Å². The van der Waals surface area contributed by atoms with Crippen LogP contribution in [0.3, 0.4) is 0 Å². The topological polar surface area (TPSA) is 93.3 Å². The van der Waals surface area contributed by atoms with Gasteiger partial charge >= 0.3 is 6.03 Å². The van der Waals surface area contributed by atoms with Gasteiger partial charge in [0.2, 0.25) is 5.91 Å². The van der Waals surface area contributed by atoms with Gasteiger partial charge in [0, 0.05) is 33.1 Å². The van der Waals surface area contributed by atoms with Crippen LogP contribution in [-0.2, 0) is 18.3 Å². The van der Waals surface area contributed by atoms with Crippen molar-refractivity contribution in [3.05, 3.63) is 30.1 Å². The fraction of sp³-hybridized carbons (Fsp3) is 0.500.